The summed E-state index contributed by atoms with van der Waals surface area (Å²) in [7, 11) is 0. The molecule has 0 spiro atoms. The monoisotopic (exact) mass is 366 g/mol. The maximum atomic E-state index is 12.8. The lowest BCUT2D eigenvalue weighted by atomic mass is 9.88. The van der Waals surface area contributed by atoms with E-state index in [1.807, 2.05) is 29.2 Å². The molecule has 138 valence electrons. The van der Waals surface area contributed by atoms with Crippen LogP contribution in [0.3, 0.4) is 0 Å². The third kappa shape index (κ3) is 5.17. The van der Waals surface area contributed by atoms with Crippen molar-refractivity contribution < 1.29 is 14.6 Å². The summed E-state index contributed by atoms with van der Waals surface area (Å²) in [6, 6.07) is 7.50. The number of aliphatic hydroxyl groups is 1. The molecule has 25 heavy (non-hydrogen) atoms. The molecule has 1 aromatic rings. The number of morpholine rings is 1. The molecule has 1 amide bonds. The highest BCUT2D eigenvalue weighted by atomic mass is 35.5. The molecule has 1 aromatic carbocycles. The first-order valence-electron chi connectivity index (χ1n) is 9.08. The number of hydrogen-bond acceptors (Lipinski definition) is 4. The van der Waals surface area contributed by atoms with Crippen molar-refractivity contribution in [2.24, 2.45) is 11.8 Å². The fourth-order valence-corrected chi connectivity index (χ4v) is 4.05. The van der Waals surface area contributed by atoms with E-state index in [1.165, 1.54) is 0 Å². The average Bonchev–Trinajstić information content (AvgIpc) is 2.64. The lowest BCUT2D eigenvalue weighted by Gasteiger charge is -2.40. The van der Waals surface area contributed by atoms with Crippen molar-refractivity contribution in [3.05, 3.63) is 34.9 Å². The Morgan fingerprint density at radius 3 is 2.64 bits per heavy atom. The zero-order valence-corrected chi connectivity index (χ0v) is 15.3. The van der Waals surface area contributed by atoms with Crippen LogP contribution in [-0.4, -0.2) is 73.4 Å². The van der Waals surface area contributed by atoms with Crippen LogP contribution in [-0.2, 0) is 16.0 Å². The smallest absolute Gasteiger partial charge is 0.227 e. The number of nitrogens with zero attached hydrogens (tertiary/aromatic N) is 2. The molecule has 0 saturated carbocycles. The average molecular weight is 367 g/mol. The van der Waals surface area contributed by atoms with Crippen LogP contribution in [0.25, 0.3) is 0 Å². The van der Waals surface area contributed by atoms with Crippen molar-refractivity contribution >= 4 is 17.5 Å². The third-order valence-corrected chi connectivity index (χ3v) is 5.52. The van der Waals surface area contributed by atoms with Crippen molar-refractivity contribution in [2.75, 3.05) is 52.5 Å². The van der Waals surface area contributed by atoms with E-state index in [4.69, 9.17) is 16.3 Å². The Balaban J connectivity index is 1.61. The van der Waals surface area contributed by atoms with Gasteiger partial charge in [-0.2, -0.15) is 0 Å². The molecule has 2 heterocycles. The van der Waals surface area contributed by atoms with Gasteiger partial charge in [-0.05, 0) is 29.9 Å². The molecular weight excluding hydrogens is 340 g/mol. The minimum Gasteiger partial charge on any atom is -0.396 e. The normalized spacial score (nSPS) is 25.1. The molecule has 0 unspecified atom stereocenters. The van der Waals surface area contributed by atoms with Gasteiger partial charge in [-0.15, -0.1) is 0 Å². The second-order valence-corrected chi connectivity index (χ2v) is 7.54. The van der Waals surface area contributed by atoms with Gasteiger partial charge in [-0.1, -0.05) is 29.8 Å². The van der Waals surface area contributed by atoms with Gasteiger partial charge in [-0.3, -0.25) is 9.69 Å². The second-order valence-electron chi connectivity index (χ2n) is 7.13. The fraction of sp³-hybridized carbons (Fsp3) is 0.632. The number of carbonyl (C=O) groups excluding carboxylic acids is 1. The maximum Gasteiger partial charge on any atom is 0.227 e. The van der Waals surface area contributed by atoms with Crippen LogP contribution < -0.4 is 0 Å². The molecule has 0 aliphatic carbocycles. The quantitative estimate of drug-likeness (QED) is 0.861. The molecule has 2 aliphatic rings. The molecular formula is C19H27ClN2O3. The molecule has 0 radical (unpaired) electrons. The van der Waals surface area contributed by atoms with Gasteiger partial charge in [0.2, 0.25) is 5.91 Å². The van der Waals surface area contributed by atoms with E-state index in [0.29, 0.717) is 23.9 Å². The first-order chi connectivity index (χ1) is 12.2. The maximum absolute atomic E-state index is 12.8. The number of ether oxygens (including phenoxy) is 1. The lowest BCUT2D eigenvalue weighted by molar-refractivity contribution is -0.134. The summed E-state index contributed by atoms with van der Waals surface area (Å²) < 4.78 is 5.41. The molecule has 1 N–H and O–H groups in total. The van der Waals surface area contributed by atoms with Crippen LogP contribution in [0.2, 0.25) is 5.02 Å². The van der Waals surface area contributed by atoms with Gasteiger partial charge in [0.15, 0.2) is 0 Å². The van der Waals surface area contributed by atoms with E-state index in [1.54, 1.807) is 0 Å². The van der Waals surface area contributed by atoms with Crippen LogP contribution in [0.5, 0.6) is 0 Å². The number of aliphatic hydroxyl groups excluding tert-OH is 1. The SMILES string of the molecule is O=C(Cc1ccccc1Cl)N1C[C@H](CO)C[C@@H](CN2CCOCC2)C1. The molecule has 6 heteroatoms. The van der Waals surface area contributed by atoms with Crippen molar-refractivity contribution in [3.8, 4) is 0 Å². The highest BCUT2D eigenvalue weighted by Gasteiger charge is 2.31. The van der Waals surface area contributed by atoms with Gasteiger partial charge < -0.3 is 14.7 Å². The number of likely N-dealkylation sites (tertiary alicyclic amines) is 1. The van der Waals surface area contributed by atoms with Gasteiger partial charge in [0.05, 0.1) is 19.6 Å². The number of benzene rings is 1. The van der Waals surface area contributed by atoms with Crippen LogP contribution in [0, 0.1) is 11.8 Å². The Morgan fingerprint density at radius 2 is 1.92 bits per heavy atom. The lowest BCUT2D eigenvalue weighted by Crippen LogP contribution is -2.49. The molecule has 2 atom stereocenters. The molecule has 5 nitrogen and oxygen atoms in total. The van der Waals surface area contributed by atoms with Crippen LogP contribution >= 0.6 is 11.6 Å². The van der Waals surface area contributed by atoms with E-state index in [-0.39, 0.29) is 18.4 Å². The van der Waals surface area contributed by atoms with Crippen LogP contribution in [0.1, 0.15) is 12.0 Å². The Labute approximate surface area is 154 Å². The summed E-state index contributed by atoms with van der Waals surface area (Å²) in [5.41, 5.74) is 0.866. The number of carbonyl (C=O) groups is 1. The van der Waals surface area contributed by atoms with Gasteiger partial charge in [-0.25, -0.2) is 0 Å². The van der Waals surface area contributed by atoms with E-state index in [2.05, 4.69) is 4.90 Å². The minimum absolute atomic E-state index is 0.0956. The Bertz CT molecular complexity index is 578. The number of amides is 1. The van der Waals surface area contributed by atoms with Crippen molar-refractivity contribution in [2.45, 2.75) is 12.8 Å². The Morgan fingerprint density at radius 1 is 1.20 bits per heavy atom. The zero-order chi connectivity index (χ0) is 17.6. The molecule has 2 fully saturated rings. The fourth-order valence-electron chi connectivity index (χ4n) is 3.85. The first-order valence-corrected chi connectivity index (χ1v) is 9.45. The summed E-state index contributed by atoms with van der Waals surface area (Å²) in [5.74, 6) is 0.660. The van der Waals surface area contributed by atoms with E-state index in [0.717, 1.165) is 51.4 Å². The number of rotatable bonds is 5. The standard InChI is InChI=1S/C19H27ClN2O3/c20-18-4-2-1-3-17(18)10-19(24)22-12-15(9-16(13-22)14-23)11-21-5-7-25-8-6-21/h1-4,15-16,23H,5-14H2/t15-,16+/m0/s1. The second kappa shape index (κ2) is 8.99. The highest BCUT2D eigenvalue weighted by molar-refractivity contribution is 6.31. The summed E-state index contributed by atoms with van der Waals surface area (Å²) in [6.45, 7) is 5.97. The predicted octanol–water partition coefficient (Wildman–Crippen LogP) is 1.67. The highest BCUT2D eigenvalue weighted by Crippen LogP contribution is 2.24. The Kier molecular flexibility index (Phi) is 6.70. The Hall–Kier alpha value is -1.14. The number of piperidine rings is 1. The molecule has 0 bridgehead atoms. The molecule has 2 saturated heterocycles. The van der Waals surface area contributed by atoms with Gasteiger partial charge in [0, 0.05) is 44.4 Å². The van der Waals surface area contributed by atoms with E-state index in [9.17, 15) is 9.90 Å². The van der Waals surface area contributed by atoms with Crippen molar-refractivity contribution in [3.63, 3.8) is 0 Å². The van der Waals surface area contributed by atoms with Gasteiger partial charge in [0.25, 0.3) is 0 Å². The number of halogens is 1. The first kappa shape index (κ1) is 18.6. The van der Waals surface area contributed by atoms with Crippen molar-refractivity contribution in [1.82, 2.24) is 9.80 Å². The molecule has 0 aromatic heterocycles. The number of hydrogen-bond donors (Lipinski definition) is 1. The molecule has 3 rings (SSSR count). The summed E-state index contributed by atoms with van der Waals surface area (Å²) >= 11 is 6.19. The van der Waals surface area contributed by atoms with E-state index < -0.39 is 0 Å². The van der Waals surface area contributed by atoms with Gasteiger partial charge >= 0.3 is 0 Å². The van der Waals surface area contributed by atoms with Gasteiger partial charge in [0.1, 0.15) is 0 Å². The zero-order valence-electron chi connectivity index (χ0n) is 14.6. The summed E-state index contributed by atoms with van der Waals surface area (Å²) in [6.07, 6.45) is 1.30. The molecule has 2 aliphatic heterocycles. The largest absolute Gasteiger partial charge is 0.396 e. The van der Waals surface area contributed by atoms with Crippen LogP contribution in [0.4, 0.5) is 0 Å². The minimum atomic E-state index is 0.0956. The predicted molar refractivity (Wildman–Crippen MR) is 97.7 cm³/mol. The van der Waals surface area contributed by atoms with Crippen molar-refractivity contribution in [1.29, 1.82) is 0 Å². The topological polar surface area (TPSA) is 53.0 Å². The van der Waals surface area contributed by atoms with E-state index >= 15 is 0 Å². The summed E-state index contributed by atoms with van der Waals surface area (Å²) in [4.78, 5) is 17.1. The third-order valence-electron chi connectivity index (χ3n) is 5.15. The van der Waals surface area contributed by atoms with Crippen LogP contribution in [0.15, 0.2) is 24.3 Å². The summed E-state index contributed by atoms with van der Waals surface area (Å²) in [5, 5.41) is 10.3.